The summed E-state index contributed by atoms with van der Waals surface area (Å²) in [6.45, 7) is 4.70. The number of nitrogens with zero attached hydrogens (tertiary/aromatic N) is 4. The zero-order valence-corrected chi connectivity index (χ0v) is 19.4. The second kappa shape index (κ2) is 10.6. The van der Waals surface area contributed by atoms with Crippen molar-refractivity contribution in [2.45, 2.75) is 50.6 Å². The van der Waals surface area contributed by atoms with Crippen LogP contribution in [0, 0.1) is 5.92 Å². The lowest BCUT2D eigenvalue weighted by Crippen LogP contribution is -2.55. The van der Waals surface area contributed by atoms with Crippen molar-refractivity contribution in [2.24, 2.45) is 5.92 Å². The maximum absolute atomic E-state index is 12.9. The van der Waals surface area contributed by atoms with E-state index >= 15 is 0 Å². The number of piperidine rings is 1. The number of methoxy groups -OCH3 is 1. The molecular formula is C24H36N4O4. The highest BCUT2D eigenvalue weighted by atomic mass is 16.5. The van der Waals surface area contributed by atoms with Gasteiger partial charge in [-0.2, -0.15) is 0 Å². The number of carbonyl (C=O) groups excluding carboxylic acids is 2. The topological polar surface area (TPSA) is 75.2 Å². The number of hydrogen-bond acceptors (Lipinski definition) is 6. The van der Waals surface area contributed by atoms with E-state index in [4.69, 9.17) is 9.47 Å². The predicted molar refractivity (Wildman–Crippen MR) is 121 cm³/mol. The van der Waals surface area contributed by atoms with Crippen molar-refractivity contribution in [3.8, 4) is 5.88 Å². The molecule has 0 bridgehead atoms. The van der Waals surface area contributed by atoms with Crippen LogP contribution in [0.4, 0.5) is 0 Å². The van der Waals surface area contributed by atoms with Crippen molar-refractivity contribution in [1.82, 2.24) is 19.7 Å². The Bertz CT molecular complexity index is 777. The molecule has 32 heavy (non-hydrogen) atoms. The van der Waals surface area contributed by atoms with Crippen LogP contribution in [-0.4, -0.2) is 97.1 Å². The second-order valence-electron chi connectivity index (χ2n) is 9.25. The van der Waals surface area contributed by atoms with E-state index in [1.165, 1.54) is 0 Å². The van der Waals surface area contributed by atoms with Gasteiger partial charge in [0.15, 0.2) is 0 Å². The standard InChI is InChI=1S/C24H36N4O4/c1-26(23(29)19-7-8-22(31-2)25-16-19)12-13-28(20-9-14-32-15-10-20)21-4-3-11-27(17-21)24(30)18-5-6-18/h7-8,16,18,20-21H,3-6,9-15,17H2,1-2H3. The average molecular weight is 445 g/mol. The molecular weight excluding hydrogens is 408 g/mol. The lowest BCUT2D eigenvalue weighted by molar-refractivity contribution is -0.135. The van der Waals surface area contributed by atoms with Gasteiger partial charge in [0.2, 0.25) is 11.8 Å². The Morgan fingerprint density at radius 3 is 2.56 bits per heavy atom. The summed E-state index contributed by atoms with van der Waals surface area (Å²) in [5, 5.41) is 0. The van der Waals surface area contributed by atoms with Crippen LogP contribution in [0.15, 0.2) is 18.3 Å². The molecule has 176 valence electrons. The highest BCUT2D eigenvalue weighted by molar-refractivity contribution is 5.93. The summed E-state index contributed by atoms with van der Waals surface area (Å²) in [6.07, 6.45) is 7.84. The number of aromatic nitrogens is 1. The molecule has 8 heteroatoms. The van der Waals surface area contributed by atoms with Gasteiger partial charge in [-0.25, -0.2) is 4.98 Å². The molecule has 2 saturated heterocycles. The summed E-state index contributed by atoms with van der Waals surface area (Å²) in [4.78, 5) is 36.1. The van der Waals surface area contributed by atoms with E-state index in [2.05, 4.69) is 14.8 Å². The molecule has 4 rings (SSSR count). The molecule has 1 aromatic heterocycles. The van der Waals surface area contributed by atoms with Gasteiger partial charge in [0.1, 0.15) is 0 Å². The Morgan fingerprint density at radius 2 is 1.91 bits per heavy atom. The summed E-state index contributed by atoms with van der Waals surface area (Å²) < 4.78 is 10.7. The minimum atomic E-state index is -0.0405. The van der Waals surface area contributed by atoms with Crippen LogP contribution >= 0.6 is 0 Å². The van der Waals surface area contributed by atoms with Crippen molar-refractivity contribution in [3.63, 3.8) is 0 Å². The largest absolute Gasteiger partial charge is 0.481 e. The van der Waals surface area contributed by atoms with Crippen LogP contribution in [-0.2, 0) is 9.53 Å². The third-order valence-corrected chi connectivity index (χ3v) is 7.00. The highest BCUT2D eigenvalue weighted by Crippen LogP contribution is 2.33. The molecule has 2 aliphatic heterocycles. The van der Waals surface area contributed by atoms with Gasteiger partial charge < -0.3 is 19.3 Å². The molecule has 1 atom stereocenters. The monoisotopic (exact) mass is 444 g/mol. The molecule has 1 aliphatic carbocycles. The van der Waals surface area contributed by atoms with Gasteiger partial charge in [-0.3, -0.25) is 14.5 Å². The van der Waals surface area contributed by atoms with Gasteiger partial charge in [0, 0.05) is 76.7 Å². The smallest absolute Gasteiger partial charge is 0.255 e. The van der Waals surface area contributed by atoms with Crippen LogP contribution in [0.1, 0.15) is 48.9 Å². The van der Waals surface area contributed by atoms with Crippen LogP contribution < -0.4 is 4.74 Å². The molecule has 0 spiro atoms. The lowest BCUT2D eigenvalue weighted by atomic mass is 9.98. The Kier molecular flexibility index (Phi) is 7.63. The van der Waals surface area contributed by atoms with Gasteiger partial charge in [0.25, 0.3) is 5.91 Å². The van der Waals surface area contributed by atoms with Crippen LogP contribution in [0.2, 0.25) is 0 Å². The van der Waals surface area contributed by atoms with E-state index in [9.17, 15) is 9.59 Å². The zero-order chi connectivity index (χ0) is 22.5. The Balaban J connectivity index is 1.39. The van der Waals surface area contributed by atoms with E-state index in [1.54, 1.807) is 30.3 Å². The molecule has 0 radical (unpaired) electrons. The fraction of sp³-hybridized carbons (Fsp3) is 0.708. The molecule has 3 fully saturated rings. The van der Waals surface area contributed by atoms with Crippen LogP contribution in [0.25, 0.3) is 0 Å². The highest BCUT2D eigenvalue weighted by Gasteiger charge is 2.38. The van der Waals surface area contributed by atoms with Crippen molar-refractivity contribution >= 4 is 11.8 Å². The second-order valence-corrected chi connectivity index (χ2v) is 9.25. The van der Waals surface area contributed by atoms with Gasteiger partial charge in [-0.05, 0) is 44.6 Å². The first-order valence-electron chi connectivity index (χ1n) is 11.9. The van der Waals surface area contributed by atoms with Crippen molar-refractivity contribution in [1.29, 1.82) is 0 Å². The van der Waals surface area contributed by atoms with E-state index in [0.29, 0.717) is 36.0 Å². The fourth-order valence-corrected chi connectivity index (χ4v) is 4.91. The molecule has 1 saturated carbocycles. The first-order chi connectivity index (χ1) is 15.6. The summed E-state index contributed by atoms with van der Waals surface area (Å²) in [5.41, 5.74) is 0.560. The Labute approximate surface area is 190 Å². The van der Waals surface area contributed by atoms with E-state index in [0.717, 1.165) is 71.4 Å². The predicted octanol–water partition coefficient (Wildman–Crippen LogP) is 2.04. The first-order valence-corrected chi connectivity index (χ1v) is 11.9. The minimum absolute atomic E-state index is 0.0405. The van der Waals surface area contributed by atoms with Gasteiger partial charge in [-0.15, -0.1) is 0 Å². The van der Waals surface area contributed by atoms with Gasteiger partial charge in [0.05, 0.1) is 12.7 Å². The van der Waals surface area contributed by atoms with Crippen LogP contribution in [0.5, 0.6) is 5.88 Å². The molecule has 2 amide bonds. The first kappa shape index (κ1) is 23.0. The van der Waals surface area contributed by atoms with E-state index in [-0.39, 0.29) is 11.8 Å². The number of rotatable bonds is 8. The number of hydrogen-bond donors (Lipinski definition) is 0. The third kappa shape index (κ3) is 5.59. The molecule has 1 aromatic rings. The Hall–Kier alpha value is -2.19. The quantitative estimate of drug-likeness (QED) is 0.611. The number of ether oxygens (including phenoxy) is 2. The number of carbonyl (C=O) groups is 2. The van der Waals surface area contributed by atoms with Crippen molar-refractivity contribution < 1.29 is 19.1 Å². The number of pyridine rings is 1. The number of amides is 2. The minimum Gasteiger partial charge on any atom is -0.481 e. The van der Waals surface area contributed by atoms with E-state index < -0.39 is 0 Å². The lowest BCUT2D eigenvalue weighted by Gasteiger charge is -2.44. The number of likely N-dealkylation sites (N-methyl/N-ethyl adjacent to an activating group) is 1. The third-order valence-electron chi connectivity index (χ3n) is 7.00. The molecule has 1 unspecified atom stereocenters. The van der Waals surface area contributed by atoms with Crippen molar-refractivity contribution in [2.75, 3.05) is 53.6 Å². The Morgan fingerprint density at radius 1 is 1.12 bits per heavy atom. The van der Waals surface area contributed by atoms with Crippen molar-refractivity contribution in [3.05, 3.63) is 23.9 Å². The molecule has 8 nitrogen and oxygen atoms in total. The number of likely N-dealkylation sites (tertiary alicyclic amines) is 1. The molecule has 0 aromatic carbocycles. The van der Waals surface area contributed by atoms with Crippen LogP contribution in [0.3, 0.4) is 0 Å². The zero-order valence-electron chi connectivity index (χ0n) is 19.4. The molecule has 3 heterocycles. The normalized spacial score (nSPS) is 22.1. The SMILES string of the molecule is COc1ccc(C(=O)N(C)CCN(C2CCOCC2)C2CCCN(C(=O)C3CC3)C2)cn1. The molecule has 0 N–H and O–H groups in total. The van der Waals surface area contributed by atoms with E-state index in [1.807, 2.05) is 7.05 Å². The molecule has 3 aliphatic rings. The van der Waals surface area contributed by atoms with Gasteiger partial charge >= 0.3 is 0 Å². The summed E-state index contributed by atoms with van der Waals surface area (Å²) >= 11 is 0. The van der Waals surface area contributed by atoms with Gasteiger partial charge in [-0.1, -0.05) is 0 Å². The average Bonchev–Trinajstić information content (AvgIpc) is 3.69. The maximum Gasteiger partial charge on any atom is 0.255 e. The summed E-state index contributed by atoms with van der Waals surface area (Å²) in [5.74, 6) is 1.08. The summed E-state index contributed by atoms with van der Waals surface area (Å²) in [7, 11) is 3.41. The fourth-order valence-electron chi connectivity index (χ4n) is 4.91. The maximum atomic E-state index is 12.9. The summed E-state index contributed by atoms with van der Waals surface area (Å²) in [6, 6.07) is 4.25.